The minimum Gasteiger partial charge on any atom is -0.325 e. The first-order valence-electron chi connectivity index (χ1n) is 7.08. The molecule has 0 aliphatic rings. The topological polar surface area (TPSA) is 29.1 Å². The molecule has 0 saturated carbocycles. The molecule has 1 rings (SSSR count). The third-order valence-corrected chi connectivity index (χ3v) is 3.29. The summed E-state index contributed by atoms with van der Waals surface area (Å²) in [6.07, 6.45) is 0. The molecule has 106 valence electrons. The van der Waals surface area contributed by atoms with E-state index in [0.717, 1.165) is 5.69 Å². The molecule has 19 heavy (non-hydrogen) atoms. The molecule has 0 aliphatic carbocycles. The van der Waals surface area contributed by atoms with Gasteiger partial charge in [0.2, 0.25) is 5.91 Å². The average Bonchev–Trinajstić information content (AvgIpc) is 2.27. The molecular weight excluding hydrogens is 234 g/mol. The quantitative estimate of drug-likeness (QED) is 0.822. The lowest BCUT2D eigenvalue weighted by Gasteiger charge is -2.21. The summed E-state index contributed by atoms with van der Waals surface area (Å²) in [6.45, 7) is 14.5. The Morgan fingerprint density at radius 2 is 1.63 bits per heavy atom. The standard InChI is InChI=1S/C17H27NO/c1-11(2)13-8-9-15(14(10-13)12(3)4)18-16(19)17(5,6)7/h8-12H,1-7H3,(H,18,19). The fourth-order valence-corrected chi connectivity index (χ4v) is 1.84. The summed E-state index contributed by atoms with van der Waals surface area (Å²) < 4.78 is 0. The molecule has 0 bridgehead atoms. The van der Waals surface area contributed by atoms with Crippen molar-refractivity contribution >= 4 is 11.6 Å². The molecule has 2 nitrogen and oxygen atoms in total. The molecule has 0 heterocycles. The summed E-state index contributed by atoms with van der Waals surface area (Å²) in [5, 5.41) is 3.06. The van der Waals surface area contributed by atoms with Crippen LogP contribution in [0.5, 0.6) is 0 Å². The summed E-state index contributed by atoms with van der Waals surface area (Å²) in [7, 11) is 0. The molecule has 1 aromatic carbocycles. The van der Waals surface area contributed by atoms with E-state index in [-0.39, 0.29) is 11.3 Å². The Labute approximate surface area is 117 Å². The Bertz CT molecular complexity index is 453. The number of hydrogen-bond acceptors (Lipinski definition) is 1. The Hall–Kier alpha value is -1.31. The molecule has 0 spiro atoms. The van der Waals surface area contributed by atoms with Crippen LogP contribution in [-0.4, -0.2) is 5.91 Å². The van der Waals surface area contributed by atoms with Crippen LogP contribution in [0.15, 0.2) is 18.2 Å². The van der Waals surface area contributed by atoms with Crippen LogP contribution < -0.4 is 5.32 Å². The zero-order chi connectivity index (χ0) is 14.8. The minimum absolute atomic E-state index is 0.0618. The van der Waals surface area contributed by atoms with Crippen LogP contribution in [0.3, 0.4) is 0 Å². The largest absolute Gasteiger partial charge is 0.325 e. The molecule has 0 radical (unpaired) electrons. The van der Waals surface area contributed by atoms with E-state index in [1.54, 1.807) is 0 Å². The number of rotatable bonds is 3. The lowest BCUT2D eigenvalue weighted by atomic mass is 9.92. The van der Waals surface area contributed by atoms with Gasteiger partial charge in [-0.15, -0.1) is 0 Å². The summed E-state index contributed by atoms with van der Waals surface area (Å²) in [5.74, 6) is 0.963. The lowest BCUT2D eigenvalue weighted by molar-refractivity contribution is -0.123. The van der Waals surface area contributed by atoms with Crippen molar-refractivity contribution in [3.05, 3.63) is 29.3 Å². The van der Waals surface area contributed by atoms with Crippen molar-refractivity contribution in [2.45, 2.75) is 60.3 Å². The van der Waals surface area contributed by atoms with Crippen molar-refractivity contribution in [3.63, 3.8) is 0 Å². The fourth-order valence-electron chi connectivity index (χ4n) is 1.84. The highest BCUT2D eigenvalue weighted by Gasteiger charge is 2.22. The van der Waals surface area contributed by atoms with Gasteiger partial charge in [0, 0.05) is 11.1 Å². The molecule has 1 N–H and O–H groups in total. The number of anilines is 1. The van der Waals surface area contributed by atoms with Crippen LogP contribution in [0, 0.1) is 5.41 Å². The number of benzene rings is 1. The minimum atomic E-state index is -0.370. The van der Waals surface area contributed by atoms with Gasteiger partial charge in [-0.25, -0.2) is 0 Å². The Kier molecular flexibility index (Phi) is 4.78. The van der Waals surface area contributed by atoms with Crippen LogP contribution in [0.1, 0.15) is 71.4 Å². The van der Waals surface area contributed by atoms with E-state index in [2.05, 4.69) is 45.1 Å². The molecule has 0 fully saturated rings. The smallest absolute Gasteiger partial charge is 0.229 e. The van der Waals surface area contributed by atoms with Gasteiger partial charge < -0.3 is 5.32 Å². The second-order valence-corrected chi connectivity index (χ2v) is 6.86. The molecule has 1 amide bonds. The van der Waals surface area contributed by atoms with Crippen molar-refractivity contribution < 1.29 is 4.79 Å². The number of amides is 1. The summed E-state index contributed by atoms with van der Waals surface area (Å²) in [5.41, 5.74) is 3.10. The molecule has 0 aliphatic heterocycles. The van der Waals surface area contributed by atoms with Crippen molar-refractivity contribution in [3.8, 4) is 0 Å². The van der Waals surface area contributed by atoms with Crippen LogP contribution in [0.2, 0.25) is 0 Å². The second kappa shape index (κ2) is 5.77. The third-order valence-electron chi connectivity index (χ3n) is 3.29. The molecule has 0 unspecified atom stereocenters. The van der Waals surface area contributed by atoms with Crippen LogP contribution >= 0.6 is 0 Å². The zero-order valence-electron chi connectivity index (χ0n) is 13.3. The maximum atomic E-state index is 12.1. The first kappa shape index (κ1) is 15.7. The fraction of sp³-hybridized carbons (Fsp3) is 0.588. The van der Waals surface area contributed by atoms with Gasteiger partial charge in [-0.05, 0) is 29.0 Å². The Morgan fingerprint density at radius 1 is 1.05 bits per heavy atom. The highest BCUT2D eigenvalue weighted by atomic mass is 16.2. The van der Waals surface area contributed by atoms with Crippen LogP contribution in [0.25, 0.3) is 0 Å². The predicted molar refractivity (Wildman–Crippen MR) is 82.7 cm³/mol. The van der Waals surface area contributed by atoms with Gasteiger partial charge in [-0.3, -0.25) is 4.79 Å². The van der Waals surface area contributed by atoms with Crippen molar-refractivity contribution in [1.29, 1.82) is 0 Å². The van der Waals surface area contributed by atoms with Gasteiger partial charge in [0.25, 0.3) is 0 Å². The Morgan fingerprint density at radius 3 is 2.05 bits per heavy atom. The van der Waals surface area contributed by atoms with Gasteiger partial charge in [0.15, 0.2) is 0 Å². The zero-order valence-corrected chi connectivity index (χ0v) is 13.3. The van der Waals surface area contributed by atoms with Gasteiger partial charge in [0.05, 0.1) is 0 Å². The normalized spacial score (nSPS) is 12.1. The lowest BCUT2D eigenvalue weighted by Crippen LogP contribution is -2.28. The van der Waals surface area contributed by atoms with Gasteiger partial charge in [0.1, 0.15) is 0 Å². The van der Waals surface area contributed by atoms with Gasteiger partial charge >= 0.3 is 0 Å². The predicted octanol–water partition coefficient (Wildman–Crippen LogP) is 4.92. The molecular formula is C17H27NO. The first-order valence-corrected chi connectivity index (χ1v) is 7.08. The number of carbonyl (C=O) groups excluding carboxylic acids is 1. The second-order valence-electron chi connectivity index (χ2n) is 6.86. The molecule has 1 aromatic rings. The van der Waals surface area contributed by atoms with E-state index in [1.165, 1.54) is 11.1 Å². The summed E-state index contributed by atoms with van der Waals surface area (Å²) >= 11 is 0. The van der Waals surface area contributed by atoms with Gasteiger partial charge in [-0.2, -0.15) is 0 Å². The van der Waals surface area contributed by atoms with Crippen molar-refractivity contribution in [1.82, 2.24) is 0 Å². The Balaban J connectivity index is 3.11. The maximum Gasteiger partial charge on any atom is 0.229 e. The molecule has 0 atom stereocenters. The SMILES string of the molecule is CC(C)c1ccc(NC(=O)C(C)(C)C)c(C(C)C)c1. The van der Waals surface area contributed by atoms with E-state index in [9.17, 15) is 4.79 Å². The van der Waals surface area contributed by atoms with E-state index in [0.29, 0.717) is 11.8 Å². The molecule has 0 saturated heterocycles. The van der Waals surface area contributed by atoms with Crippen molar-refractivity contribution in [2.24, 2.45) is 5.41 Å². The number of nitrogens with one attached hydrogen (secondary N) is 1. The molecule has 2 heteroatoms. The summed E-state index contributed by atoms with van der Waals surface area (Å²) in [6, 6.07) is 6.36. The number of hydrogen-bond donors (Lipinski definition) is 1. The van der Waals surface area contributed by atoms with E-state index < -0.39 is 0 Å². The van der Waals surface area contributed by atoms with E-state index in [1.807, 2.05) is 26.8 Å². The number of carbonyl (C=O) groups is 1. The van der Waals surface area contributed by atoms with Gasteiger partial charge in [-0.1, -0.05) is 60.6 Å². The molecule has 0 aromatic heterocycles. The van der Waals surface area contributed by atoms with Crippen molar-refractivity contribution in [2.75, 3.05) is 5.32 Å². The average molecular weight is 261 g/mol. The van der Waals surface area contributed by atoms with E-state index >= 15 is 0 Å². The van der Waals surface area contributed by atoms with Crippen LogP contribution in [0.4, 0.5) is 5.69 Å². The maximum absolute atomic E-state index is 12.1. The third kappa shape index (κ3) is 4.09. The van der Waals surface area contributed by atoms with E-state index in [4.69, 9.17) is 0 Å². The highest BCUT2D eigenvalue weighted by molar-refractivity contribution is 5.95. The van der Waals surface area contributed by atoms with Crippen LogP contribution in [-0.2, 0) is 4.79 Å². The monoisotopic (exact) mass is 261 g/mol. The highest BCUT2D eigenvalue weighted by Crippen LogP contribution is 2.29. The first-order chi connectivity index (χ1) is 8.62. The summed E-state index contributed by atoms with van der Waals surface area (Å²) in [4.78, 5) is 12.1.